The maximum Gasteiger partial charge on any atom is 0.496 e. The summed E-state index contributed by atoms with van der Waals surface area (Å²) >= 11 is 10.1. The summed E-state index contributed by atoms with van der Waals surface area (Å²) in [5, 5.41) is 3.02. The molecule has 15 aromatic rings. The van der Waals surface area contributed by atoms with Crippen molar-refractivity contribution in [2.45, 2.75) is 96.7 Å². The number of anilines is 9. The summed E-state index contributed by atoms with van der Waals surface area (Å²) in [6.07, 6.45) is 0. The van der Waals surface area contributed by atoms with E-state index in [1.54, 1.807) is 22.7 Å². The number of hydrogen-bond donors (Lipinski definition) is 0. The van der Waals surface area contributed by atoms with Crippen molar-refractivity contribution in [2.75, 3.05) is 14.7 Å². The van der Waals surface area contributed by atoms with E-state index in [9.17, 15) is 9.59 Å². The van der Waals surface area contributed by atoms with Gasteiger partial charge >= 0.3 is 7.12 Å². The van der Waals surface area contributed by atoms with E-state index >= 15 is 0 Å². The molecule has 678 valence electrons. The lowest BCUT2D eigenvalue weighted by atomic mass is 9.72. The van der Waals surface area contributed by atoms with Gasteiger partial charge in [0.25, 0.3) is 0 Å². The Morgan fingerprint density at radius 1 is 0.303 bits per heavy atom. The van der Waals surface area contributed by atoms with Crippen LogP contribution in [0.3, 0.4) is 0 Å². The molecule has 0 saturated carbocycles. The topological polar surface area (TPSA) is 62.3 Å². The number of fused-ring (bicyclic) bond motifs is 10. The number of rotatable bonds is 17. The first-order valence-corrected chi connectivity index (χ1v) is 90.1. The van der Waals surface area contributed by atoms with Crippen molar-refractivity contribution in [1.29, 1.82) is 0 Å². The van der Waals surface area contributed by atoms with Crippen molar-refractivity contribution >= 4 is 360 Å². The van der Waals surface area contributed by atoms with Crippen LogP contribution in [0.15, 0.2) is 310 Å². The minimum absolute atomic E-state index is 0.00618. The Balaban J connectivity index is 0.000000145. The first-order chi connectivity index (χ1) is 62.9. The molecule has 7 nitrogen and oxygen atoms in total. The number of halogens is 2. The number of benzene rings is 13. The minimum Gasteiger partial charge on any atom is -0.399 e. The van der Waals surface area contributed by atoms with Gasteiger partial charge in [0.05, 0.1) is 56.7 Å². The van der Waals surface area contributed by atoms with Crippen LogP contribution in [0.2, 0.25) is 0 Å². The summed E-state index contributed by atoms with van der Waals surface area (Å²) in [5.41, 5.74) is 22.4. The molecule has 0 radical (unpaired) electrons. The van der Waals surface area contributed by atoms with Crippen LogP contribution in [0.5, 0.6) is 0 Å². The molecule has 4 aliphatic rings. The highest BCUT2D eigenvalue weighted by atomic mass is 79.9. The average molecular weight is 2360 g/mol. The molecular formula is C95H105BBr2N3O4P25S2. The third kappa shape index (κ3) is 21.4. The van der Waals surface area contributed by atoms with Crippen LogP contribution in [0.4, 0.5) is 51.2 Å². The number of nitrogens with zero attached hydrogens (tertiary/aromatic N) is 3. The zero-order valence-corrected chi connectivity index (χ0v) is 105. The molecule has 16 atom stereocenters. The minimum atomic E-state index is -0.421. The molecule has 16 unspecified atom stereocenters. The first kappa shape index (κ1) is 106. The first-order valence-electron chi connectivity index (χ1n) is 42.0. The molecule has 37 heteroatoms. The molecule has 0 aliphatic carbocycles. The monoisotopic (exact) mass is 2360 g/mol. The van der Waals surface area contributed by atoms with E-state index in [4.69, 9.17) is 9.31 Å². The van der Waals surface area contributed by atoms with Crippen LogP contribution >= 0.6 is 255 Å². The zero-order valence-electron chi connectivity index (χ0n) is 74.3. The summed E-state index contributed by atoms with van der Waals surface area (Å²) in [4.78, 5) is 34.3. The van der Waals surface area contributed by atoms with Gasteiger partial charge in [0, 0.05) is 87.8 Å². The van der Waals surface area contributed by atoms with Gasteiger partial charge in [-0.2, -0.15) is 0 Å². The highest BCUT2D eigenvalue weighted by molar-refractivity contribution is 9.40. The van der Waals surface area contributed by atoms with Crippen molar-refractivity contribution in [1.82, 2.24) is 0 Å². The van der Waals surface area contributed by atoms with E-state index in [0.717, 1.165) is 102 Å². The lowest BCUT2D eigenvalue weighted by Gasteiger charge is -2.49. The van der Waals surface area contributed by atoms with Crippen molar-refractivity contribution in [3.63, 3.8) is 0 Å². The van der Waals surface area contributed by atoms with Gasteiger partial charge in [0.1, 0.15) is 0 Å². The highest BCUT2D eigenvalue weighted by Gasteiger charge is 2.54. The fourth-order valence-electron chi connectivity index (χ4n) is 17.8. The number of para-hydroxylation sites is 9. The normalized spacial score (nSPS) is 15.9. The summed E-state index contributed by atoms with van der Waals surface area (Å²) in [7, 11) is 42.6. The maximum atomic E-state index is 14.8. The van der Waals surface area contributed by atoms with Crippen molar-refractivity contribution in [3.05, 3.63) is 354 Å². The zero-order chi connectivity index (χ0) is 94.1. The van der Waals surface area contributed by atoms with E-state index in [2.05, 4.69) is 487 Å². The molecule has 1 fully saturated rings. The molecule has 13 aromatic carbocycles. The highest BCUT2D eigenvalue weighted by Crippen LogP contribution is 3.34. The van der Waals surface area contributed by atoms with Gasteiger partial charge in [-0.25, -0.2) is 0 Å². The number of hydrogen-bond acceptors (Lipinski definition) is 9. The molecule has 4 aliphatic heterocycles. The van der Waals surface area contributed by atoms with Gasteiger partial charge in [-0.05, 0) is 264 Å². The van der Waals surface area contributed by atoms with E-state index < -0.39 is 7.12 Å². The Bertz CT molecular complexity index is 6530. The Morgan fingerprint density at radius 3 is 0.856 bits per heavy atom. The van der Waals surface area contributed by atoms with Crippen LogP contribution in [0, 0.1) is 0 Å². The van der Waals surface area contributed by atoms with Crippen LogP contribution in [-0.4, -0.2) is 18.3 Å². The Labute approximate surface area is 847 Å². The van der Waals surface area contributed by atoms with Crippen LogP contribution in [0.1, 0.15) is 103 Å². The van der Waals surface area contributed by atoms with Gasteiger partial charge in [0.2, 0.25) is 0 Å². The van der Waals surface area contributed by atoms with Gasteiger partial charge in [-0.15, -0.1) is 139 Å². The van der Waals surface area contributed by atoms with E-state index in [0.29, 0.717) is 0 Å². The van der Waals surface area contributed by atoms with Gasteiger partial charge in [-0.3, -0.25) is 9.59 Å². The molecule has 0 N–H and O–H groups in total. The second-order valence-electron chi connectivity index (χ2n) is 34.5. The average Bonchev–Trinajstić information content (AvgIpc) is 1.04. The molecule has 6 heterocycles. The van der Waals surface area contributed by atoms with Gasteiger partial charge in [0.15, 0.2) is 10.9 Å². The van der Waals surface area contributed by atoms with E-state index in [-0.39, 0.29) is 115 Å². The Kier molecular flexibility index (Phi) is 35.6. The molecule has 0 amide bonds. The largest absolute Gasteiger partial charge is 0.496 e. The molecule has 132 heavy (non-hydrogen) atoms. The van der Waals surface area contributed by atoms with Gasteiger partial charge < -0.3 is 24.0 Å². The lowest BCUT2D eigenvalue weighted by Crippen LogP contribution is -2.41. The smallest absolute Gasteiger partial charge is 0.399 e. The molecule has 2 aromatic heterocycles. The van der Waals surface area contributed by atoms with Crippen molar-refractivity contribution < 1.29 is 9.31 Å². The summed E-state index contributed by atoms with van der Waals surface area (Å²) < 4.78 is 18.8. The van der Waals surface area contributed by atoms with Gasteiger partial charge in [-0.1, -0.05) is 257 Å². The van der Waals surface area contributed by atoms with E-state index in [1.807, 2.05) is 36.4 Å². The standard InChI is InChI=1S/C55H42N2OS.C27H30BNO2.C13H6Br2OS.H27P25/c1-54(2)41-19-7-13-25-47(41)56(48-26-14-8-20-42(48)54)45-23-11-5-17-37(45)35-29-31-51-39(33-35)53(58)40-34-36(30-32-52(40)59-51)38-18-6-12-24-46(38)57-49-27-15-9-21-43(49)55(3,4)44-22-10-16-28-50(44)57;1-25(2)19-13-7-10-16-22(19)29(23-17-11-8-14-20(23)25)24-18-12-9-15-21(24)28-30-26(3,4)27(5,6)31-28;14-7-1-3-11-9(5-7)13(16)10-6-8(15)2-4-12(10)17-11;1-14-21(15(2)3)24(20(12)13)25(22(16(4)5)17(6)7)23(18(8)9)19(10)11/h5-34H,1-4H3;7-18H,1-6H3;1-6H;14H,1-13H2. The fraction of sp³-hybridized carbons (Fsp3) is 0.158. The SMILES string of the molecule is CC1(C)c2ccccc2N(c2ccccc2-c2ccc3sc4ccc(-c5ccccc5N5c6ccccc6C(C)(C)c6ccccc65)cc4c(=O)c3c2)c2ccccc21.CC1(C)c2ccccc2N(c2ccccc2B2OC(C)(C)C(C)(C)O2)c2ccccc21.O=c1c2cc(Br)ccc2sc2ccc(Br)cc12.PPP(P(P)P)P(P(P)P)P(P(P(P)P)P(P)P)P(P(P)P)P(P)P. The third-order valence-electron chi connectivity index (χ3n) is 24.8. The maximum absolute atomic E-state index is 14.8. The van der Waals surface area contributed by atoms with Crippen LogP contribution in [-0.2, 0) is 25.6 Å². The summed E-state index contributed by atoms with van der Waals surface area (Å²) in [6, 6.07) is 103. The summed E-state index contributed by atoms with van der Waals surface area (Å²) in [5.74, 6) is 0. The fourth-order valence-corrected chi connectivity index (χ4v) is 335. The van der Waals surface area contributed by atoms with Crippen LogP contribution in [0.25, 0.3) is 62.6 Å². The molecule has 1 saturated heterocycles. The van der Waals surface area contributed by atoms with Crippen LogP contribution < -0.4 is 31.0 Å². The molecular weight excluding hydrogens is 2260 g/mol. The predicted molar refractivity (Wildman–Crippen MR) is 671 cm³/mol. The molecule has 0 bridgehead atoms. The summed E-state index contributed by atoms with van der Waals surface area (Å²) in [6.45, 7) is 22.8. The Hall–Kier alpha value is 0.735. The Morgan fingerprint density at radius 2 is 0.561 bits per heavy atom. The molecule has 19 rings (SSSR count). The quantitative estimate of drug-likeness (QED) is 0.0511. The lowest BCUT2D eigenvalue weighted by molar-refractivity contribution is 0.00578. The van der Waals surface area contributed by atoms with E-state index in [1.165, 1.54) is 67.5 Å². The second-order valence-corrected chi connectivity index (χ2v) is 137. The third-order valence-corrected chi connectivity index (χ3v) is 189. The molecule has 0 spiro atoms. The van der Waals surface area contributed by atoms with Crippen molar-refractivity contribution in [2.24, 2.45) is 0 Å². The van der Waals surface area contributed by atoms with Crippen molar-refractivity contribution in [3.8, 4) is 22.3 Å². The predicted octanol–water partition coefficient (Wildman–Crippen LogP) is 40.3. The second kappa shape index (κ2) is 44.6.